The SMILES string of the molecule is CCOC(=O)C1CSCC1C(=O)OCC. The molecule has 0 amide bonds. The lowest BCUT2D eigenvalue weighted by atomic mass is 9.96. The van der Waals surface area contributed by atoms with E-state index in [4.69, 9.17) is 9.47 Å². The van der Waals surface area contributed by atoms with Gasteiger partial charge in [-0.1, -0.05) is 0 Å². The summed E-state index contributed by atoms with van der Waals surface area (Å²) in [6, 6.07) is 0. The van der Waals surface area contributed by atoms with Gasteiger partial charge in [-0.3, -0.25) is 9.59 Å². The molecule has 0 spiro atoms. The molecule has 5 heteroatoms. The van der Waals surface area contributed by atoms with Gasteiger partial charge in [0.25, 0.3) is 0 Å². The summed E-state index contributed by atoms with van der Waals surface area (Å²) < 4.78 is 9.85. The number of thioether (sulfide) groups is 1. The highest BCUT2D eigenvalue weighted by Gasteiger charge is 2.40. The van der Waals surface area contributed by atoms with Gasteiger partial charge in [-0.05, 0) is 13.8 Å². The van der Waals surface area contributed by atoms with E-state index in [0.717, 1.165) is 0 Å². The highest BCUT2D eigenvalue weighted by Crippen LogP contribution is 2.31. The van der Waals surface area contributed by atoms with Crippen LogP contribution in [0.4, 0.5) is 0 Å². The van der Waals surface area contributed by atoms with Crippen LogP contribution in [0.2, 0.25) is 0 Å². The molecule has 2 unspecified atom stereocenters. The molecule has 0 aromatic heterocycles. The Balaban J connectivity index is 2.56. The Morgan fingerprint density at radius 3 is 1.80 bits per heavy atom. The largest absolute Gasteiger partial charge is 0.466 e. The maximum absolute atomic E-state index is 11.5. The summed E-state index contributed by atoms with van der Waals surface area (Å²) in [5.41, 5.74) is 0. The summed E-state index contributed by atoms with van der Waals surface area (Å²) >= 11 is 1.60. The van der Waals surface area contributed by atoms with Crippen molar-refractivity contribution in [3.63, 3.8) is 0 Å². The van der Waals surface area contributed by atoms with E-state index < -0.39 is 0 Å². The van der Waals surface area contributed by atoms with Crippen LogP contribution in [-0.2, 0) is 19.1 Å². The fourth-order valence-electron chi connectivity index (χ4n) is 1.52. The average Bonchev–Trinajstić information content (AvgIpc) is 2.66. The summed E-state index contributed by atoms with van der Waals surface area (Å²) in [5.74, 6) is 0.106. The fraction of sp³-hybridized carbons (Fsp3) is 0.800. The third-order valence-electron chi connectivity index (χ3n) is 2.26. The molecule has 1 fully saturated rings. The first-order valence-electron chi connectivity index (χ1n) is 5.11. The molecule has 2 atom stereocenters. The molecule has 0 N–H and O–H groups in total. The zero-order valence-corrected chi connectivity index (χ0v) is 9.84. The Bertz CT molecular complexity index is 218. The van der Waals surface area contributed by atoms with Crippen LogP contribution in [0.25, 0.3) is 0 Å². The Morgan fingerprint density at radius 2 is 1.47 bits per heavy atom. The molecule has 15 heavy (non-hydrogen) atoms. The summed E-state index contributed by atoms with van der Waals surface area (Å²) in [6.07, 6.45) is 0. The van der Waals surface area contributed by atoms with E-state index in [1.54, 1.807) is 25.6 Å². The number of rotatable bonds is 4. The maximum Gasteiger partial charge on any atom is 0.310 e. The van der Waals surface area contributed by atoms with E-state index >= 15 is 0 Å². The summed E-state index contributed by atoms with van der Waals surface area (Å²) in [4.78, 5) is 23.0. The van der Waals surface area contributed by atoms with Crippen LogP contribution in [-0.4, -0.2) is 36.7 Å². The lowest BCUT2D eigenvalue weighted by Gasteiger charge is -2.15. The average molecular weight is 232 g/mol. The van der Waals surface area contributed by atoms with Crippen molar-refractivity contribution in [1.82, 2.24) is 0 Å². The molecule has 86 valence electrons. The van der Waals surface area contributed by atoms with Gasteiger partial charge in [0.2, 0.25) is 0 Å². The first kappa shape index (κ1) is 12.4. The molecular formula is C10H16O4S. The molecule has 0 radical (unpaired) electrons. The molecule has 0 saturated carbocycles. The zero-order chi connectivity index (χ0) is 11.3. The van der Waals surface area contributed by atoms with Crippen molar-refractivity contribution in [1.29, 1.82) is 0 Å². The van der Waals surface area contributed by atoms with Gasteiger partial charge >= 0.3 is 11.9 Å². The third-order valence-corrected chi connectivity index (χ3v) is 3.45. The first-order chi connectivity index (χ1) is 7.20. The van der Waals surface area contributed by atoms with Crippen LogP contribution in [0, 0.1) is 11.8 Å². The van der Waals surface area contributed by atoms with Crippen molar-refractivity contribution in [3.8, 4) is 0 Å². The van der Waals surface area contributed by atoms with Crippen LogP contribution in [0.1, 0.15) is 13.8 Å². The topological polar surface area (TPSA) is 52.6 Å². The highest BCUT2D eigenvalue weighted by atomic mass is 32.2. The standard InChI is InChI=1S/C10H16O4S/c1-3-13-9(11)7-5-15-6-8(7)10(12)14-4-2/h7-8H,3-6H2,1-2H3. The second-order valence-electron chi connectivity index (χ2n) is 3.25. The van der Waals surface area contributed by atoms with Crippen LogP contribution in [0.3, 0.4) is 0 Å². The minimum Gasteiger partial charge on any atom is -0.466 e. The Labute approximate surface area is 93.7 Å². The number of hydrogen-bond acceptors (Lipinski definition) is 5. The maximum atomic E-state index is 11.5. The van der Waals surface area contributed by atoms with Crippen molar-refractivity contribution < 1.29 is 19.1 Å². The smallest absolute Gasteiger partial charge is 0.310 e. The number of hydrogen-bond donors (Lipinski definition) is 0. The molecule has 0 aliphatic carbocycles. The predicted octanol–water partition coefficient (Wildman–Crippen LogP) is 1.09. The molecule has 0 aromatic carbocycles. The van der Waals surface area contributed by atoms with E-state index in [1.165, 1.54) is 0 Å². The lowest BCUT2D eigenvalue weighted by molar-refractivity contribution is -0.157. The number of carbonyl (C=O) groups excluding carboxylic acids is 2. The van der Waals surface area contributed by atoms with Gasteiger partial charge in [0.1, 0.15) is 0 Å². The van der Waals surface area contributed by atoms with Gasteiger partial charge in [0.15, 0.2) is 0 Å². The Morgan fingerprint density at radius 1 is 1.07 bits per heavy atom. The zero-order valence-electron chi connectivity index (χ0n) is 9.02. The van der Waals surface area contributed by atoms with E-state index in [9.17, 15) is 9.59 Å². The number of carbonyl (C=O) groups is 2. The summed E-state index contributed by atoms with van der Waals surface area (Å²) in [6.45, 7) is 4.24. The Kier molecular flexibility index (Phi) is 4.94. The van der Waals surface area contributed by atoms with Gasteiger partial charge < -0.3 is 9.47 Å². The second-order valence-corrected chi connectivity index (χ2v) is 4.33. The predicted molar refractivity (Wildman–Crippen MR) is 57.6 cm³/mol. The van der Waals surface area contributed by atoms with Gasteiger partial charge in [0.05, 0.1) is 25.0 Å². The van der Waals surface area contributed by atoms with Gasteiger partial charge in [-0.25, -0.2) is 0 Å². The molecule has 0 bridgehead atoms. The molecule has 1 heterocycles. The van der Waals surface area contributed by atoms with Gasteiger partial charge in [-0.2, -0.15) is 11.8 Å². The Hall–Kier alpha value is -0.710. The van der Waals surface area contributed by atoms with Crippen molar-refractivity contribution in [2.75, 3.05) is 24.7 Å². The fourth-order valence-corrected chi connectivity index (χ4v) is 2.90. The molecule has 1 saturated heterocycles. The van der Waals surface area contributed by atoms with Crippen LogP contribution >= 0.6 is 11.8 Å². The second kappa shape index (κ2) is 6.00. The van der Waals surface area contributed by atoms with Crippen LogP contribution < -0.4 is 0 Å². The van der Waals surface area contributed by atoms with Gasteiger partial charge in [0, 0.05) is 11.5 Å². The quantitative estimate of drug-likeness (QED) is 0.679. The van der Waals surface area contributed by atoms with Crippen molar-refractivity contribution in [3.05, 3.63) is 0 Å². The molecule has 1 aliphatic heterocycles. The molecule has 1 rings (SSSR count). The van der Waals surface area contributed by atoms with Crippen molar-refractivity contribution >= 4 is 23.7 Å². The molecule has 4 nitrogen and oxygen atoms in total. The van der Waals surface area contributed by atoms with Gasteiger partial charge in [-0.15, -0.1) is 0 Å². The van der Waals surface area contributed by atoms with E-state index in [-0.39, 0.29) is 23.8 Å². The van der Waals surface area contributed by atoms with E-state index in [0.29, 0.717) is 24.7 Å². The third kappa shape index (κ3) is 3.12. The molecule has 1 aliphatic rings. The van der Waals surface area contributed by atoms with E-state index in [2.05, 4.69) is 0 Å². The summed E-state index contributed by atoms with van der Waals surface area (Å²) in [5, 5.41) is 0. The normalized spacial score (nSPS) is 24.9. The molecular weight excluding hydrogens is 216 g/mol. The minimum atomic E-state index is -0.325. The monoisotopic (exact) mass is 232 g/mol. The number of esters is 2. The summed E-state index contributed by atoms with van der Waals surface area (Å²) in [7, 11) is 0. The van der Waals surface area contributed by atoms with Crippen molar-refractivity contribution in [2.24, 2.45) is 11.8 Å². The van der Waals surface area contributed by atoms with Crippen LogP contribution in [0.15, 0.2) is 0 Å². The van der Waals surface area contributed by atoms with Crippen molar-refractivity contribution in [2.45, 2.75) is 13.8 Å². The number of ether oxygens (including phenoxy) is 2. The van der Waals surface area contributed by atoms with Crippen LogP contribution in [0.5, 0.6) is 0 Å². The van der Waals surface area contributed by atoms with E-state index in [1.807, 2.05) is 0 Å². The minimum absolute atomic E-state index is 0.277. The lowest BCUT2D eigenvalue weighted by Crippen LogP contribution is -2.31. The highest BCUT2D eigenvalue weighted by molar-refractivity contribution is 7.99. The molecule has 0 aromatic rings. The first-order valence-corrected chi connectivity index (χ1v) is 6.27.